The largest absolute Gasteiger partial charge is 0.374 e. The van der Waals surface area contributed by atoms with Gasteiger partial charge in [-0.25, -0.2) is 0 Å². The molecule has 0 aliphatic carbocycles. The third kappa shape index (κ3) is 3.27. The molecule has 4 heteroatoms. The smallest absolute Gasteiger partial charge is 0.0807 e. The van der Waals surface area contributed by atoms with Crippen LogP contribution in [0.2, 0.25) is 5.02 Å². The van der Waals surface area contributed by atoms with E-state index in [1.807, 2.05) is 18.2 Å². The summed E-state index contributed by atoms with van der Waals surface area (Å²) >= 11 is 9.64. The van der Waals surface area contributed by atoms with Crippen LogP contribution in [0, 0.1) is 0 Å². The molecule has 0 aromatic heterocycles. The molecule has 1 fully saturated rings. The summed E-state index contributed by atoms with van der Waals surface area (Å²) in [6.45, 7) is 2.93. The predicted molar refractivity (Wildman–Crippen MR) is 79.0 cm³/mol. The van der Waals surface area contributed by atoms with Crippen LogP contribution in [0.1, 0.15) is 31.7 Å². The van der Waals surface area contributed by atoms with Crippen molar-refractivity contribution in [2.75, 3.05) is 6.61 Å². The van der Waals surface area contributed by atoms with Crippen LogP contribution in [-0.4, -0.2) is 18.2 Å². The van der Waals surface area contributed by atoms with Crippen LogP contribution in [0.25, 0.3) is 0 Å². The minimum absolute atomic E-state index is 0.0172. The van der Waals surface area contributed by atoms with Crippen molar-refractivity contribution in [3.8, 4) is 0 Å². The highest BCUT2D eigenvalue weighted by Gasteiger charge is 2.34. The van der Waals surface area contributed by atoms with Gasteiger partial charge in [0.05, 0.1) is 5.60 Å². The molecule has 100 valence electrons. The van der Waals surface area contributed by atoms with E-state index in [0.717, 1.165) is 40.9 Å². The number of hydrogen-bond donors (Lipinski definition) is 1. The minimum Gasteiger partial charge on any atom is -0.374 e. The van der Waals surface area contributed by atoms with E-state index in [4.69, 9.17) is 22.1 Å². The Hall–Kier alpha value is -0.0900. The summed E-state index contributed by atoms with van der Waals surface area (Å²) in [6, 6.07) is 5.92. The number of rotatable bonds is 3. The Kier molecular flexibility index (Phi) is 4.70. The van der Waals surface area contributed by atoms with Gasteiger partial charge < -0.3 is 10.5 Å². The fraction of sp³-hybridized carbons (Fsp3) is 0.571. The molecular weight excluding hydrogens is 314 g/mol. The fourth-order valence-corrected chi connectivity index (χ4v) is 3.14. The van der Waals surface area contributed by atoms with E-state index in [-0.39, 0.29) is 11.6 Å². The van der Waals surface area contributed by atoms with Crippen LogP contribution >= 0.6 is 27.5 Å². The molecule has 2 nitrogen and oxygen atoms in total. The first-order valence-electron chi connectivity index (χ1n) is 6.35. The Morgan fingerprint density at radius 2 is 2.28 bits per heavy atom. The Bertz CT molecular complexity index is 418. The molecule has 0 amide bonds. The van der Waals surface area contributed by atoms with Crippen LogP contribution in [0.5, 0.6) is 0 Å². The zero-order valence-corrected chi connectivity index (χ0v) is 12.9. The van der Waals surface area contributed by atoms with E-state index >= 15 is 0 Å². The predicted octanol–water partition coefficient (Wildman–Crippen LogP) is 3.93. The second kappa shape index (κ2) is 5.91. The van der Waals surface area contributed by atoms with Crippen molar-refractivity contribution in [3.63, 3.8) is 0 Å². The minimum atomic E-state index is -0.214. The molecule has 18 heavy (non-hydrogen) atoms. The monoisotopic (exact) mass is 331 g/mol. The second-order valence-electron chi connectivity index (χ2n) is 5.16. The lowest BCUT2D eigenvalue weighted by Crippen LogP contribution is -2.50. The molecule has 2 unspecified atom stereocenters. The highest BCUT2D eigenvalue weighted by atomic mass is 79.9. The van der Waals surface area contributed by atoms with E-state index < -0.39 is 0 Å². The molecule has 1 aromatic rings. The maximum atomic E-state index is 6.33. The van der Waals surface area contributed by atoms with Gasteiger partial charge in [-0.2, -0.15) is 0 Å². The molecule has 2 atom stereocenters. The van der Waals surface area contributed by atoms with Crippen molar-refractivity contribution in [3.05, 3.63) is 33.3 Å². The van der Waals surface area contributed by atoms with E-state index in [1.54, 1.807) is 0 Å². The first-order chi connectivity index (χ1) is 8.51. The van der Waals surface area contributed by atoms with Gasteiger partial charge >= 0.3 is 0 Å². The van der Waals surface area contributed by atoms with Crippen molar-refractivity contribution < 1.29 is 4.74 Å². The fourth-order valence-electron chi connectivity index (χ4n) is 2.39. The van der Waals surface area contributed by atoms with Crippen molar-refractivity contribution in [1.82, 2.24) is 0 Å². The third-order valence-electron chi connectivity index (χ3n) is 3.74. The van der Waals surface area contributed by atoms with Crippen LogP contribution in [0.4, 0.5) is 0 Å². The lowest BCUT2D eigenvalue weighted by molar-refractivity contribution is -0.0808. The van der Waals surface area contributed by atoms with Crippen LogP contribution in [0.3, 0.4) is 0 Å². The highest BCUT2D eigenvalue weighted by molar-refractivity contribution is 9.10. The molecule has 2 N–H and O–H groups in total. The van der Waals surface area contributed by atoms with Crippen molar-refractivity contribution >= 4 is 27.5 Å². The molecule has 1 saturated heterocycles. The van der Waals surface area contributed by atoms with Crippen LogP contribution < -0.4 is 5.73 Å². The molecule has 0 spiro atoms. The van der Waals surface area contributed by atoms with E-state index in [1.165, 1.54) is 6.42 Å². The normalized spacial score (nSPS) is 26.0. The first kappa shape index (κ1) is 14.3. The topological polar surface area (TPSA) is 35.2 Å². The van der Waals surface area contributed by atoms with E-state index in [9.17, 15) is 0 Å². The van der Waals surface area contributed by atoms with E-state index in [0.29, 0.717) is 0 Å². The molecule has 0 saturated carbocycles. The van der Waals surface area contributed by atoms with Crippen molar-refractivity contribution in [1.29, 1.82) is 0 Å². The molecule has 2 rings (SSSR count). The summed E-state index contributed by atoms with van der Waals surface area (Å²) in [7, 11) is 0. The number of halogens is 2. The Morgan fingerprint density at radius 1 is 1.50 bits per heavy atom. The van der Waals surface area contributed by atoms with Gasteiger partial charge in [0.1, 0.15) is 0 Å². The van der Waals surface area contributed by atoms with Gasteiger partial charge in [-0.05, 0) is 50.3 Å². The Labute approximate surface area is 122 Å². The van der Waals surface area contributed by atoms with Gasteiger partial charge in [-0.1, -0.05) is 33.6 Å². The van der Waals surface area contributed by atoms with Gasteiger partial charge in [0.2, 0.25) is 0 Å². The molecule has 1 aromatic carbocycles. The van der Waals surface area contributed by atoms with E-state index in [2.05, 4.69) is 22.9 Å². The Balaban J connectivity index is 2.08. The number of nitrogens with two attached hydrogens (primary N) is 1. The van der Waals surface area contributed by atoms with Gasteiger partial charge in [-0.15, -0.1) is 0 Å². The summed E-state index contributed by atoms with van der Waals surface area (Å²) in [4.78, 5) is 0. The maximum Gasteiger partial charge on any atom is 0.0807 e. The number of benzene rings is 1. The standard InChI is InChI=1S/C14H19BrClNO/c1-14(6-2-3-7-18-14)13(17)8-10-4-5-11(15)9-12(10)16/h4-5,9,13H,2-3,6-8,17H2,1H3. The highest BCUT2D eigenvalue weighted by Crippen LogP contribution is 2.30. The molecular formula is C14H19BrClNO. The zero-order chi connectivity index (χ0) is 13.2. The number of ether oxygens (including phenoxy) is 1. The molecule has 1 aliphatic rings. The SMILES string of the molecule is CC1(C(N)Cc2ccc(Br)cc2Cl)CCCCO1. The summed E-state index contributed by atoms with van der Waals surface area (Å²) in [5, 5.41) is 0.763. The van der Waals surface area contributed by atoms with Gasteiger partial charge in [0.15, 0.2) is 0 Å². The van der Waals surface area contributed by atoms with Crippen LogP contribution in [-0.2, 0) is 11.2 Å². The average Bonchev–Trinajstić information content (AvgIpc) is 2.33. The molecule has 1 aliphatic heterocycles. The summed E-state index contributed by atoms with van der Waals surface area (Å²) in [5.74, 6) is 0. The van der Waals surface area contributed by atoms with Gasteiger partial charge in [0.25, 0.3) is 0 Å². The van der Waals surface area contributed by atoms with Gasteiger partial charge in [-0.3, -0.25) is 0 Å². The molecule has 0 radical (unpaired) electrons. The summed E-state index contributed by atoms with van der Waals surface area (Å²) < 4.78 is 6.88. The first-order valence-corrected chi connectivity index (χ1v) is 7.52. The molecule has 1 heterocycles. The molecule has 0 bridgehead atoms. The Morgan fingerprint density at radius 3 is 2.89 bits per heavy atom. The average molecular weight is 333 g/mol. The maximum absolute atomic E-state index is 6.33. The summed E-state index contributed by atoms with van der Waals surface area (Å²) in [6.07, 6.45) is 4.12. The lowest BCUT2D eigenvalue weighted by atomic mass is 9.85. The zero-order valence-electron chi connectivity index (χ0n) is 10.6. The quantitative estimate of drug-likeness (QED) is 0.910. The van der Waals surface area contributed by atoms with Gasteiger partial charge in [0, 0.05) is 22.1 Å². The van der Waals surface area contributed by atoms with Crippen molar-refractivity contribution in [2.24, 2.45) is 5.73 Å². The van der Waals surface area contributed by atoms with Crippen LogP contribution in [0.15, 0.2) is 22.7 Å². The third-order valence-corrected chi connectivity index (χ3v) is 4.58. The summed E-state index contributed by atoms with van der Waals surface area (Å²) in [5.41, 5.74) is 7.20. The number of hydrogen-bond acceptors (Lipinski definition) is 2. The lowest BCUT2D eigenvalue weighted by Gasteiger charge is -2.39. The second-order valence-corrected chi connectivity index (χ2v) is 6.49. The van der Waals surface area contributed by atoms with Crippen molar-refractivity contribution in [2.45, 2.75) is 44.2 Å².